The van der Waals surface area contributed by atoms with Gasteiger partial charge in [0.25, 0.3) is 0 Å². The maximum Gasteiger partial charge on any atom is 0.323 e. The molecule has 0 radical (unpaired) electrons. The molecule has 3 heterocycles. The first kappa shape index (κ1) is 28.5. The molecule has 0 spiro atoms. The summed E-state index contributed by atoms with van der Waals surface area (Å²) in [6, 6.07) is 13.0. The summed E-state index contributed by atoms with van der Waals surface area (Å²) in [5.41, 5.74) is 7.49. The summed E-state index contributed by atoms with van der Waals surface area (Å²) in [6.07, 6.45) is 0.791. The van der Waals surface area contributed by atoms with Crippen LogP contribution in [0.2, 0.25) is 0 Å². The first-order valence-corrected chi connectivity index (χ1v) is 13.8. The Kier molecular flexibility index (Phi) is 8.92. The van der Waals surface area contributed by atoms with Crippen LogP contribution in [0, 0.1) is 0 Å². The number of nitrogens with two attached hydrogens (primary N) is 1. The Bertz CT molecular complexity index is 1410. The number of rotatable bonds is 6. The zero-order valence-corrected chi connectivity index (χ0v) is 23.4. The number of hydrogen-bond acceptors (Lipinski definition) is 9. The van der Waals surface area contributed by atoms with Crippen molar-refractivity contribution >= 4 is 41.2 Å². The summed E-state index contributed by atoms with van der Waals surface area (Å²) in [7, 11) is 1.64. The van der Waals surface area contributed by atoms with Gasteiger partial charge in [-0.25, -0.2) is 9.59 Å². The maximum atomic E-state index is 12.5. The van der Waals surface area contributed by atoms with Crippen molar-refractivity contribution in [2.24, 2.45) is 5.73 Å². The highest BCUT2D eigenvalue weighted by Gasteiger charge is 2.23. The Labute approximate surface area is 243 Å². The molecule has 3 aromatic rings. The summed E-state index contributed by atoms with van der Waals surface area (Å²) in [6.45, 7) is 5.08. The predicted octanol–water partition coefficient (Wildman–Crippen LogP) is 1.97. The summed E-state index contributed by atoms with van der Waals surface area (Å²) in [5.74, 6) is 1.12. The molecule has 0 aliphatic carbocycles. The number of ether oxygens (including phenoxy) is 1. The molecule has 2 fully saturated rings. The van der Waals surface area contributed by atoms with Gasteiger partial charge in [0.2, 0.25) is 17.8 Å². The van der Waals surface area contributed by atoms with Gasteiger partial charge >= 0.3 is 12.1 Å². The molecular formula is C28H34N10O4. The highest BCUT2D eigenvalue weighted by Crippen LogP contribution is 2.24. The van der Waals surface area contributed by atoms with Crippen molar-refractivity contribution in [2.45, 2.75) is 6.42 Å². The topological polar surface area (TPSA) is 171 Å². The molecule has 0 saturated carbocycles. The van der Waals surface area contributed by atoms with Crippen LogP contribution in [0.1, 0.15) is 16.8 Å². The van der Waals surface area contributed by atoms with Crippen LogP contribution in [0.5, 0.6) is 0 Å². The number of nitrogens with zero attached hydrogens (tertiary/aromatic N) is 6. The number of hydrogen-bond donors (Lipinski definition) is 4. The largest absolute Gasteiger partial charge is 0.378 e. The van der Waals surface area contributed by atoms with Crippen LogP contribution >= 0.6 is 0 Å². The van der Waals surface area contributed by atoms with Gasteiger partial charge in [0, 0.05) is 68.8 Å². The van der Waals surface area contributed by atoms with Gasteiger partial charge in [0.1, 0.15) is 0 Å². The minimum absolute atomic E-state index is 0.0921. The van der Waals surface area contributed by atoms with E-state index in [-0.39, 0.29) is 6.03 Å². The van der Waals surface area contributed by atoms with Crippen LogP contribution in [-0.4, -0.2) is 97.4 Å². The van der Waals surface area contributed by atoms with Crippen molar-refractivity contribution in [1.82, 2.24) is 25.2 Å². The lowest BCUT2D eigenvalue weighted by Gasteiger charge is -2.28. The molecule has 2 aliphatic heterocycles. The van der Waals surface area contributed by atoms with Gasteiger partial charge in [-0.1, -0.05) is 0 Å². The van der Waals surface area contributed by atoms with E-state index in [0.29, 0.717) is 87.1 Å². The number of carbonyl (C=O) groups is 3. The minimum atomic E-state index is -0.535. The van der Waals surface area contributed by atoms with E-state index < -0.39 is 11.9 Å². The van der Waals surface area contributed by atoms with Crippen molar-refractivity contribution in [3.8, 4) is 11.4 Å². The highest BCUT2D eigenvalue weighted by molar-refractivity contribution is 6.00. The van der Waals surface area contributed by atoms with Gasteiger partial charge in [0.05, 0.1) is 13.2 Å². The third-order valence-corrected chi connectivity index (χ3v) is 7.01. The molecule has 5 rings (SSSR count). The number of morpholine rings is 1. The summed E-state index contributed by atoms with van der Waals surface area (Å²) < 4.78 is 5.52. The average molecular weight is 575 g/mol. The maximum absolute atomic E-state index is 12.5. The van der Waals surface area contributed by atoms with Gasteiger partial charge in [0.15, 0.2) is 5.82 Å². The van der Waals surface area contributed by atoms with Gasteiger partial charge in [-0.3, -0.25) is 4.79 Å². The Morgan fingerprint density at radius 2 is 1.36 bits per heavy atom. The number of aromatic nitrogens is 3. The van der Waals surface area contributed by atoms with Gasteiger partial charge < -0.3 is 41.1 Å². The number of urea groups is 2. The lowest BCUT2D eigenvalue weighted by atomic mass is 10.2. The summed E-state index contributed by atoms with van der Waals surface area (Å²) in [5, 5.41) is 8.22. The predicted molar refractivity (Wildman–Crippen MR) is 159 cm³/mol. The molecular weight excluding hydrogens is 540 g/mol. The first-order chi connectivity index (χ1) is 20.4. The number of anilines is 4. The Balaban J connectivity index is 1.32. The van der Waals surface area contributed by atoms with Gasteiger partial charge in [-0.05, 0) is 55.0 Å². The Hall–Kier alpha value is -4.98. The van der Waals surface area contributed by atoms with E-state index in [1.165, 1.54) is 0 Å². The molecule has 2 aromatic carbocycles. The van der Waals surface area contributed by atoms with Gasteiger partial charge in [-0.2, -0.15) is 15.0 Å². The Morgan fingerprint density at radius 1 is 0.762 bits per heavy atom. The van der Waals surface area contributed by atoms with Crippen molar-refractivity contribution in [3.63, 3.8) is 0 Å². The third kappa shape index (κ3) is 7.01. The second-order valence-electron chi connectivity index (χ2n) is 9.84. The van der Waals surface area contributed by atoms with Crippen molar-refractivity contribution < 1.29 is 19.1 Å². The van der Waals surface area contributed by atoms with E-state index in [2.05, 4.69) is 25.8 Å². The lowest BCUT2D eigenvalue weighted by molar-refractivity contribution is 0.1000. The third-order valence-electron chi connectivity index (χ3n) is 7.01. The van der Waals surface area contributed by atoms with E-state index in [1.807, 2.05) is 12.1 Å². The second kappa shape index (κ2) is 13.1. The van der Waals surface area contributed by atoms with E-state index >= 15 is 0 Å². The molecule has 2 saturated heterocycles. The van der Waals surface area contributed by atoms with Crippen LogP contribution in [0.25, 0.3) is 11.4 Å². The molecule has 14 nitrogen and oxygen atoms in total. The minimum Gasteiger partial charge on any atom is -0.378 e. The smallest absolute Gasteiger partial charge is 0.323 e. The highest BCUT2D eigenvalue weighted by atomic mass is 16.5. The molecule has 0 bridgehead atoms. The van der Waals surface area contributed by atoms with Crippen LogP contribution in [0.3, 0.4) is 0 Å². The lowest BCUT2D eigenvalue weighted by Crippen LogP contribution is -2.41. The number of amides is 5. The molecule has 2 aliphatic rings. The van der Waals surface area contributed by atoms with E-state index in [1.54, 1.807) is 48.3 Å². The first-order valence-electron chi connectivity index (χ1n) is 13.8. The quantitative estimate of drug-likeness (QED) is 0.344. The zero-order valence-electron chi connectivity index (χ0n) is 23.4. The Morgan fingerprint density at radius 3 is 1.95 bits per heavy atom. The standard InChI is InChI=1S/C28H34N10O4/c1-30-28(41)38-12-2-11-36(13-14-38)25-33-24(34-26(35-25)37-15-17-42-18-16-37)20-5-9-22(10-6-20)32-27(40)31-21-7-3-19(4-8-21)23(29)39/h3-10H,2,11-18H2,1H3,(H2,29,39)(H,30,41)(H2,31,32,40). The number of primary amides is 1. The molecule has 1 aromatic heterocycles. The summed E-state index contributed by atoms with van der Waals surface area (Å²) in [4.78, 5) is 56.3. The average Bonchev–Trinajstić information content (AvgIpc) is 3.28. The number of nitrogens with one attached hydrogen (secondary N) is 3. The number of carbonyl (C=O) groups excluding carboxylic acids is 3. The SMILES string of the molecule is CNC(=O)N1CCCN(c2nc(-c3ccc(NC(=O)Nc4ccc(C(N)=O)cc4)cc3)nc(N3CCOCC3)n2)CC1. The molecule has 5 N–H and O–H groups in total. The molecule has 0 atom stereocenters. The van der Waals surface area contributed by atoms with Crippen LogP contribution < -0.4 is 31.5 Å². The van der Waals surface area contributed by atoms with Crippen LogP contribution in [0.15, 0.2) is 48.5 Å². The van der Waals surface area contributed by atoms with Crippen LogP contribution in [0.4, 0.5) is 32.9 Å². The van der Waals surface area contributed by atoms with E-state index in [0.717, 1.165) is 12.0 Å². The molecule has 0 unspecified atom stereocenters. The van der Waals surface area contributed by atoms with E-state index in [9.17, 15) is 14.4 Å². The molecule has 42 heavy (non-hydrogen) atoms. The van der Waals surface area contributed by atoms with Gasteiger partial charge in [-0.15, -0.1) is 0 Å². The second-order valence-corrected chi connectivity index (χ2v) is 9.84. The molecule has 220 valence electrons. The monoisotopic (exact) mass is 574 g/mol. The van der Waals surface area contributed by atoms with Crippen molar-refractivity contribution in [1.29, 1.82) is 0 Å². The molecule has 5 amide bonds. The van der Waals surface area contributed by atoms with Crippen LogP contribution in [-0.2, 0) is 4.74 Å². The summed E-state index contributed by atoms with van der Waals surface area (Å²) >= 11 is 0. The van der Waals surface area contributed by atoms with Crippen molar-refractivity contribution in [3.05, 3.63) is 54.1 Å². The normalized spacial score (nSPS) is 15.5. The zero-order chi connectivity index (χ0) is 29.5. The fraction of sp³-hybridized carbons (Fsp3) is 0.357. The van der Waals surface area contributed by atoms with E-state index in [4.69, 9.17) is 25.4 Å². The fourth-order valence-electron chi connectivity index (χ4n) is 4.72. The fourth-order valence-corrected chi connectivity index (χ4v) is 4.72. The number of benzene rings is 2. The van der Waals surface area contributed by atoms with Crippen molar-refractivity contribution in [2.75, 3.05) is 80.0 Å². The molecule has 14 heteroatoms.